The fourth-order valence-electron chi connectivity index (χ4n) is 3.14. The molecule has 0 aliphatic heterocycles. The van der Waals surface area contributed by atoms with Crippen molar-refractivity contribution in [3.8, 4) is 5.75 Å². The molecular formula is C17H28N2O2. The molecule has 21 heavy (non-hydrogen) atoms. The van der Waals surface area contributed by atoms with Gasteiger partial charge in [-0.25, -0.2) is 0 Å². The quantitative estimate of drug-likeness (QED) is 0.785. The van der Waals surface area contributed by atoms with Crippen LogP contribution in [0.4, 0.5) is 0 Å². The fraction of sp³-hybridized carbons (Fsp3) is 0.706. The van der Waals surface area contributed by atoms with Crippen molar-refractivity contribution in [1.82, 2.24) is 10.3 Å². The average Bonchev–Trinajstić information content (AvgIpc) is 2.44. The van der Waals surface area contributed by atoms with E-state index in [-0.39, 0.29) is 0 Å². The second-order valence-corrected chi connectivity index (χ2v) is 6.31. The molecule has 0 bridgehead atoms. The third kappa shape index (κ3) is 5.64. The minimum Gasteiger partial charge on any atom is -0.489 e. The van der Waals surface area contributed by atoms with E-state index in [1.165, 1.54) is 6.42 Å². The molecule has 1 N–H and O–H groups in total. The van der Waals surface area contributed by atoms with E-state index in [4.69, 9.17) is 9.47 Å². The summed E-state index contributed by atoms with van der Waals surface area (Å²) in [4.78, 5) is 4.45. The summed E-state index contributed by atoms with van der Waals surface area (Å²) in [6.45, 7) is 6.97. The van der Waals surface area contributed by atoms with Crippen LogP contribution in [0.15, 0.2) is 18.3 Å². The molecule has 2 rings (SSSR count). The van der Waals surface area contributed by atoms with Gasteiger partial charge in [0.25, 0.3) is 0 Å². The summed E-state index contributed by atoms with van der Waals surface area (Å²) < 4.78 is 11.1. The summed E-state index contributed by atoms with van der Waals surface area (Å²) >= 11 is 0. The normalized spacial score (nSPS) is 25.8. The number of pyridine rings is 1. The molecule has 1 aromatic heterocycles. The van der Waals surface area contributed by atoms with Gasteiger partial charge in [0.15, 0.2) is 0 Å². The Kier molecular flexibility index (Phi) is 6.46. The molecule has 1 aliphatic rings. The van der Waals surface area contributed by atoms with Crippen molar-refractivity contribution in [3.05, 3.63) is 24.0 Å². The molecule has 0 saturated heterocycles. The molecule has 1 aliphatic carbocycles. The van der Waals surface area contributed by atoms with Crippen LogP contribution in [0.25, 0.3) is 0 Å². The predicted molar refractivity (Wildman–Crippen MR) is 84.4 cm³/mol. The van der Waals surface area contributed by atoms with Crippen LogP contribution in [-0.2, 0) is 11.3 Å². The van der Waals surface area contributed by atoms with Crippen LogP contribution in [0.5, 0.6) is 5.75 Å². The van der Waals surface area contributed by atoms with Gasteiger partial charge in [-0.2, -0.15) is 0 Å². The summed E-state index contributed by atoms with van der Waals surface area (Å²) in [5.74, 6) is 2.41. The van der Waals surface area contributed by atoms with Gasteiger partial charge in [0, 0.05) is 20.2 Å². The van der Waals surface area contributed by atoms with Crippen molar-refractivity contribution < 1.29 is 9.47 Å². The third-order valence-corrected chi connectivity index (χ3v) is 4.02. The zero-order valence-corrected chi connectivity index (χ0v) is 13.5. The van der Waals surface area contributed by atoms with Gasteiger partial charge >= 0.3 is 0 Å². The second kappa shape index (κ2) is 8.35. The number of ether oxygens (including phenoxy) is 2. The van der Waals surface area contributed by atoms with Crippen LogP contribution < -0.4 is 10.1 Å². The molecular weight excluding hydrogens is 264 g/mol. The first-order chi connectivity index (χ1) is 10.2. The highest BCUT2D eigenvalue weighted by Crippen LogP contribution is 2.31. The molecule has 2 atom stereocenters. The monoisotopic (exact) mass is 292 g/mol. The lowest BCUT2D eigenvalue weighted by atomic mass is 9.82. The van der Waals surface area contributed by atoms with Gasteiger partial charge in [-0.3, -0.25) is 4.98 Å². The molecule has 118 valence electrons. The van der Waals surface area contributed by atoms with Crippen molar-refractivity contribution in [2.24, 2.45) is 11.8 Å². The molecule has 4 heteroatoms. The molecule has 1 saturated carbocycles. The second-order valence-electron chi connectivity index (χ2n) is 6.31. The van der Waals surface area contributed by atoms with E-state index in [1.807, 2.05) is 18.3 Å². The number of nitrogens with one attached hydrogen (secondary N) is 1. The first kappa shape index (κ1) is 16.2. The molecule has 2 unspecified atom stereocenters. The van der Waals surface area contributed by atoms with Crippen LogP contribution in [0.1, 0.15) is 38.8 Å². The molecule has 1 heterocycles. The predicted octanol–water partition coefficient (Wildman–Crippen LogP) is 3.02. The lowest BCUT2D eigenvalue weighted by Crippen LogP contribution is -2.28. The van der Waals surface area contributed by atoms with E-state index in [0.717, 1.165) is 55.8 Å². The summed E-state index contributed by atoms with van der Waals surface area (Å²) in [6, 6.07) is 4.06. The van der Waals surface area contributed by atoms with Gasteiger partial charge in [-0.1, -0.05) is 13.8 Å². The van der Waals surface area contributed by atoms with Crippen LogP contribution in [0, 0.1) is 11.8 Å². The standard InChI is InChI=1S/C17H28N2O2/c1-13-8-14(2)10-17(9-13)21-16-5-4-15(19-12-16)11-18-6-7-20-3/h4-5,12-14,17-18H,6-11H2,1-3H3. The molecule has 1 aromatic rings. The summed E-state index contributed by atoms with van der Waals surface area (Å²) in [6.07, 6.45) is 5.83. The Morgan fingerprint density at radius 1 is 1.19 bits per heavy atom. The van der Waals surface area contributed by atoms with Crippen LogP contribution in [0.3, 0.4) is 0 Å². The van der Waals surface area contributed by atoms with Crippen molar-refractivity contribution >= 4 is 0 Å². The van der Waals surface area contributed by atoms with Gasteiger partial charge in [0.1, 0.15) is 5.75 Å². The number of hydrogen-bond acceptors (Lipinski definition) is 4. The maximum atomic E-state index is 6.09. The summed E-state index contributed by atoms with van der Waals surface area (Å²) in [5.41, 5.74) is 1.03. The summed E-state index contributed by atoms with van der Waals surface area (Å²) in [5, 5.41) is 3.29. The van der Waals surface area contributed by atoms with E-state index in [0.29, 0.717) is 6.10 Å². The van der Waals surface area contributed by atoms with Crippen LogP contribution >= 0.6 is 0 Å². The first-order valence-corrected chi connectivity index (χ1v) is 7.98. The van der Waals surface area contributed by atoms with Crippen molar-refractivity contribution in [1.29, 1.82) is 0 Å². The zero-order valence-electron chi connectivity index (χ0n) is 13.5. The highest BCUT2D eigenvalue weighted by Gasteiger charge is 2.25. The Labute approximate surface area is 128 Å². The SMILES string of the molecule is COCCNCc1ccc(OC2CC(C)CC(C)C2)cn1. The number of nitrogens with zero attached hydrogens (tertiary/aromatic N) is 1. The number of methoxy groups -OCH3 is 1. The number of rotatable bonds is 7. The topological polar surface area (TPSA) is 43.4 Å². The Morgan fingerprint density at radius 3 is 2.57 bits per heavy atom. The average molecular weight is 292 g/mol. The largest absolute Gasteiger partial charge is 0.489 e. The summed E-state index contributed by atoms with van der Waals surface area (Å²) in [7, 11) is 1.71. The lowest BCUT2D eigenvalue weighted by Gasteiger charge is -2.31. The van der Waals surface area contributed by atoms with E-state index in [2.05, 4.69) is 24.1 Å². The minimum atomic E-state index is 0.344. The van der Waals surface area contributed by atoms with Crippen molar-refractivity contribution in [2.75, 3.05) is 20.3 Å². The molecule has 0 amide bonds. The van der Waals surface area contributed by atoms with Crippen LogP contribution in [-0.4, -0.2) is 31.3 Å². The smallest absolute Gasteiger partial charge is 0.138 e. The number of hydrogen-bond donors (Lipinski definition) is 1. The van der Waals surface area contributed by atoms with E-state index >= 15 is 0 Å². The maximum absolute atomic E-state index is 6.09. The molecule has 1 fully saturated rings. The van der Waals surface area contributed by atoms with Gasteiger partial charge in [-0.15, -0.1) is 0 Å². The van der Waals surface area contributed by atoms with Gasteiger partial charge in [-0.05, 0) is 43.2 Å². The van der Waals surface area contributed by atoms with Gasteiger partial charge < -0.3 is 14.8 Å². The molecule has 0 aromatic carbocycles. The van der Waals surface area contributed by atoms with Gasteiger partial charge in [0.2, 0.25) is 0 Å². The fourth-order valence-corrected chi connectivity index (χ4v) is 3.14. The minimum absolute atomic E-state index is 0.344. The number of aromatic nitrogens is 1. The third-order valence-electron chi connectivity index (χ3n) is 4.02. The van der Waals surface area contributed by atoms with E-state index in [9.17, 15) is 0 Å². The van der Waals surface area contributed by atoms with Crippen LogP contribution in [0.2, 0.25) is 0 Å². The van der Waals surface area contributed by atoms with E-state index in [1.54, 1.807) is 7.11 Å². The van der Waals surface area contributed by atoms with Crippen molar-refractivity contribution in [2.45, 2.75) is 45.8 Å². The molecule has 0 spiro atoms. The van der Waals surface area contributed by atoms with Gasteiger partial charge in [0.05, 0.1) is 24.6 Å². The molecule has 4 nitrogen and oxygen atoms in total. The van der Waals surface area contributed by atoms with Crippen molar-refractivity contribution in [3.63, 3.8) is 0 Å². The Morgan fingerprint density at radius 2 is 1.95 bits per heavy atom. The molecule has 0 radical (unpaired) electrons. The first-order valence-electron chi connectivity index (χ1n) is 7.98. The maximum Gasteiger partial charge on any atom is 0.138 e. The zero-order chi connectivity index (χ0) is 15.1. The highest BCUT2D eigenvalue weighted by atomic mass is 16.5. The highest BCUT2D eigenvalue weighted by molar-refractivity contribution is 5.20. The Balaban J connectivity index is 1.79. The van der Waals surface area contributed by atoms with E-state index < -0.39 is 0 Å². The Bertz CT molecular complexity index is 398. The lowest BCUT2D eigenvalue weighted by molar-refractivity contribution is 0.101. The Hall–Kier alpha value is -1.13.